The average Bonchev–Trinajstić information content (AvgIpc) is 2.89. The van der Waals surface area contributed by atoms with Crippen molar-refractivity contribution in [1.82, 2.24) is 9.78 Å². The lowest BCUT2D eigenvalue weighted by Crippen LogP contribution is -2.15. The molecule has 5 nitrogen and oxygen atoms in total. The van der Waals surface area contributed by atoms with Gasteiger partial charge < -0.3 is 10.1 Å². The molecule has 3 rings (SSSR count). The maximum absolute atomic E-state index is 13.8. The number of carbonyl (C=O) groups is 1. The predicted octanol–water partition coefficient (Wildman–Crippen LogP) is 4.09. The quantitative estimate of drug-likeness (QED) is 0.735. The van der Waals surface area contributed by atoms with Gasteiger partial charge in [0.15, 0.2) is 0 Å². The van der Waals surface area contributed by atoms with Gasteiger partial charge in [0.2, 0.25) is 0 Å². The lowest BCUT2D eigenvalue weighted by atomic mass is 10.2. The van der Waals surface area contributed by atoms with E-state index in [1.165, 1.54) is 0 Å². The first kappa shape index (κ1) is 18.6. The van der Waals surface area contributed by atoms with E-state index in [-0.39, 0.29) is 5.56 Å². The van der Waals surface area contributed by atoms with E-state index in [0.717, 1.165) is 29.1 Å². The Morgan fingerprint density at radius 2 is 1.96 bits per heavy atom. The smallest absolute Gasteiger partial charge is 0.258 e. The topological polar surface area (TPSA) is 56.1 Å². The number of aromatic nitrogens is 2. The second-order valence-corrected chi connectivity index (χ2v) is 6.13. The molecule has 1 N–H and O–H groups in total. The molecular formula is C20H19F2N3O2. The van der Waals surface area contributed by atoms with Gasteiger partial charge in [0.05, 0.1) is 36.3 Å². The number of halogens is 2. The Labute approximate surface area is 155 Å². The molecule has 0 atom stereocenters. The Balaban J connectivity index is 1.84. The summed E-state index contributed by atoms with van der Waals surface area (Å²) < 4.78 is 33.8. The number of nitrogens with one attached hydrogen (secondary N) is 1. The van der Waals surface area contributed by atoms with Crippen LogP contribution in [0.1, 0.15) is 27.3 Å². The van der Waals surface area contributed by atoms with Crippen LogP contribution in [0.25, 0.3) is 0 Å². The number of nitrogens with zero attached hydrogens (tertiary/aromatic N) is 2. The number of methoxy groups -OCH3 is 1. The van der Waals surface area contributed by atoms with Crippen molar-refractivity contribution >= 4 is 11.6 Å². The van der Waals surface area contributed by atoms with Crippen LogP contribution in [-0.2, 0) is 6.54 Å². The minimum Gasteiger partial charge on any atom is -0.497 e. The first-order chi connectivity index (χ1) is 12.9. The second-order valence-electron chi connectivity index (χ2n) is 6.13. The number of aryl methyl sites for hydroxylation is 1. The number of rotatable bonds is 5. The highest BCUT2D eigenvalue weighted by Crippen LogP contribution is 2.23. The van der Waals surface area contributed by atoms with E-state index >= 15 is 0 Å². The maximum atomic E-state index is 13.8. The molecule has 7 heteroatoms. The fourth-order valence-electron chi connectivity index (χ4n) is 2.83. The van der Waals surface area contributed by atoms with E-state index in [0.29, 0.717) is 24.0 Å². The summed E-state index contributed by atoms with van der Waals surface area (Å²) >= 11 is 0. The fraction of sp³-hybridized carbons (Fsp3) is 0.200. The third-order valence-electron chi connectivity index (χ3n) is 4.26. The van der Waals surface area contributed by atoms with Crippen molar-refractivity contribution in [2.75, 3.05) is 12.4 Å². The summed E-state index contributed by atoms with van der Waals surface area (Å²) in [5.41, 5.74) is 2.60. The Hall–Kier alpha value is -3.22. The Kier molecular flexibility index (Phi) is 5.21. The van der Waals surface area contributed by atoms with Crippen LogP contribution < -0.4 is 10.1 Å². The van der Waals surface area contributed by atoms with Gasteiger partial charge in [-0.3, -0.25) is 9.48 Å². The summed E-state index contributed by atoms with van der Waals surface area (Å²) in [7, 11) is 1.60. The molecule has 0 bridgehead atoms. The van der Waals surface area contributed by atoms with Crippen LogP contribution in [0.5, 0.6) is 5.75 Å². The third-order valence-corrected chi connectivity index (χ3v) is 4.26. The highest BCUT2D eigenvalue weighted by molar-refractivity contribution is 6.05. The number of ether oxygens (including phenoxy) is 1. The van der Waals surface area contributed by atoms with Crippen molar-refractivity contribution in [3.8, 4) is 5.75 Å². The summed E-state index contributed by atoms with van der Waals surface area (Å²) in [5.74, 6) is -1.55. The standard InChI is InChI=1S/C20H19F2N3O2/c1-12-19(23-20(26)17-8-7-15(21)10-18(17)22)13(2)25(24-12)11-14-5-4-6-16(9-14)27-3/h4-10H,11H2,1-3H3,(H,23,26). The summed E-state index contributed by atoms with van der Waals surface area (Å²) in [6, 6.07) is 10.4. The first-order valence-electron chi connectivity index (χ1n) is 8.32. The number of hydrogen-bond acceptors (Lipinski definition) is 3. The number of amides is 1. The molecule has 27 heavy (non-hydrogen) atoms. The van der Waals surface area contributed by atoms with Crippen LogP contribution in [0.3, 0.4) is 0 Å². The molecule has 0 radical (unpaired) electrons. The van der Waals surface area contributed by atoms with Crippen LogP contribution in [0, 0.1) is 25.5 Å². The number of anilines is 1. The molecule has 0 unspecified atom stereocenters. The zero-order valence-electron chi connectivity index (χ0n) is 15.2. The molecule has 1 heterocycles. The van der Waals surface area contributed by atoms with Gasteiger partial charge in [-0.1, -0.05) is 12.1 Å². The van der Waals surface area contributed by atoms with Gasteiger partial charge in [-0.2, -0.15) is 5.10 Å². The van der Waals surface area contributed by atoms with Crippen molar-refractivity contribution < 1.29 is 18.3 Å². The molecule has 0 aliphatic rings. The molecule has 1 amide bonds. The first-order valence-corrected chi connectivity index (χ1v) is 8.32. The van der Waals surface area contributed by atoms with Crippen LogP contribution in [0.2, 0.25) is 0 Å². The second kappa shape index (κ2) is 7.57. The third kappa shape index (κ3) is 3.97. The minimum absolute atomic E-state index is 0.226. The summed E-state index contributed by atoms with van der Waals surface area (Å²) in [4.78, 5) is 12.4. The number of carbonyl (C=O) groups excluding carboxylic acids is 1. The summed E-state index contributed by atoms with van der Waals surface area (Å²) in [5, 5.41) is 7.13. The fourth-order valence-corrected chi connectivity index (χ4v) is 2.83. The zero-order chi connectivity index (χ0) is 19.6. The SMILES string of the molecule is COc1cccc(Cn2nc(C)c(NC(=O)c3ccc(F)cc3F)c2C)c1. The Bertz CT molecular complexity index is 999. The molecule has 0 saturated heterocycles. The summed E-state index contributed by atoms with van der Waals surface area (Å²) in [6.45, 7) is 4.06. The summed E-state index contributed by atoms with van der Waals surface area (Å²) in [6.07, 6.45) is 0. The molecule has 0 fully saturated rings. The number of hydrogen-bond donors (Lipinski definition) is 1. The van der Waals surface area contributed by atoms with Crippen molar-refractivity contribution in [3.05, 3.63) is 76.6 Å². The molecule has 0 spiro atoms. The van der Waals surface area contributed by atoms with Crippen molar-refractivity contribution in [3.63, 3.8) is 0 Å². The highest BCUT2D eigenvalue weighted by Gasteiger charge is 2.18. The molecule has 0 saturated carbocycles. The van der Waals surface area contributed by atoms with Gasteiger partial charge >= 0.3 is 0 Å². The van der Waals surface area contributed by atoms with Gasteiger partial charge in [0.25, 0.3) is 5.91 Å². The Morgan fingerprint density at radius 1 is 1.19 bits per heavy atom. The monoisotopic (exact) mass is 371 g/mol. The van der Waals surface area contributed by atoms with Gasteiger partial charge in [-0.05, 0) is 43.7 Å². The maximum Gasteiger partial charge on any atom is 0.258 e. The molecule has 1 aromatic heterocycles. The normalized spacial score (nSPS) is 10.7. The van der Waals surface area contributed by atoms with Crippen LogP contribution in [-0.4, -0.2) is 22.8 Å². The molecular weight excluding hydrogens is 352 g/mol. The van der Waals surface area contributed by atoms with Gasteiger partial charge in [-0.15, -0.1) is 0 Å². The van der Waals surface area contributed by atoms with Gasteiger partial charge in [0.1, 0.15) is 17.4 Å². The lowest BCUT2D eigenvalue weighted by Gasteiger charge is -2.09. The van der Waals surface area contributed by atoms with Crippen LogP contribution in [0.4, 0.5) is 14.5 Å². The molecule has 140 valence electrons. The van der Waals surface area contributed by atoms with Crippen LogP contribution >= 0.6 is 0 Å². The molecule has 3 aromatic rings. The molecule has 0 aliphatic carbocycles. The van der Waals surface area contributed by atoms with Crippen LogP contribution in [0.15, 0.2) is 42.5 Å². The van der Waals surface area contributed by atoms with Gasteiger partial charge in [0, 0.05) is 6.07 Å². The Morgan fingerprint density at radius 3 is 2.67 bits per heavy atom. The highest BCUT2D eigenvalue weighted by atomic mass is 19.1. The van der Waals surface area contributed by atoms with E-state index in [1.54, 1.807) is 18.7 Å². The zero-order valence-corrected chi connectivity index (χ0v) is 15.2. The van der Waals surface area contributed by atoms with Crippen molar-refractivity contribution in [1.29, 1.82) is 0 Å². The molecule has 0 aliphatic heterocycles. The van der Waals surface area contributed by atoms with E-state index in [2.05, 4.69) is 10.4 Å². The molecule has 2 aromatic carbocycles. The largest absolute Gasteiger partial charge is 0.497 e. The van der Waals surface area contributed by atoms with E-state index in [1.807, 2.05) is 31.2 Å². The van der Waals surface area contributed by atoms with E-state index in [9.17, 15) is 13.6 Å². The van der Waals surface area contributed by atoms with Crippen molar-refractivity contribution in [2.45, 2.75) is 20.4 Å². The van der Waals surface area contributed by atoms with E-state index in [4.69, 9.17) is 4.74 Å². The minimum atomic E-state index is -0.911. The number of benzene rings is 2. The predicted molar refractivity (Wildman–Crippen MR) is 98.1 cm³/mol. The van der Waals surface area contributed by atoms with Crippen molar-refractivity contribution in [2.24, 2.45) is 0 Å². The van der Waals surface area contributed by atoms with Gasteiger partial charge in [-0.25, -0.2) is 8.78 Å². The average molecular weight is 371 g/mol. The van der Waals surface area contributed by atoms with E-state index < -0.39 is 17.5 Å². The lowest BCUT2D eigenvalue weighted by molar-refractivity contribution is 0.102.